The lowest BCUT2D eigenvalue weighted by Crippen LogP contribution is -2.57. The van der Waals surface area contributed by atoms with Crippen LogP contribution in [-0.2, 0) is 0 Å². The number of hydrogen-bond donors (Lipinski definition) is 0. The minimum atomic E-state index is 0.638. The largest absolute Gasteiger partial charge is 0.303 e. The molecule has 2 fully saturated rings. The smallest absolute Gasteiger partial charge is 0.0129 e. The Hall–Kier alpha value is -0.300. The van der Waals surface area contributed by atoms with Crippen molar-refractivity contribution in [1.82, 2.24) is 4.90 Å². The monoisotopic (exact) mass is 205 g/mol. The maximum absolute atomic E-state index is 2.61. The van der Waals surface area contributed by atoms with Crippen LogP contribution in [0, 0.1) is 11.3 Å². The van der Waals surface area contributed by atoms with Crippen LogP contribution in [0.4, 0.5) is 0 Å². The summed E-state index contributed by atoms with van der Waals surface area (Å²) in [6.45, 7) is 6.10. The zero-order valence-electron chi connectivity index (χ0n) is 10.3. The van der Waals surface area contributed by atoms with E-state index in [1.807, 2.05) is 0 Å². The average molecular weight is 205 g/mol. The molecular formula is C14H23N. The SMILES string of the molecule is CC1=C(C)[C@@]2(CC1)CCN(C)[C@H]1CC[C@H]12. The van der Waals surface area contributed by atoms with Crippen LogP contribution in [0.5, 0.6) is 0 Å². The Bertz CT molecular complexity index is 317. The molecule has 1 spiro atoms. The highest BCUT2D eigenvalue weighted by molar-refractivity contribution is 5.29. The zero-order valence-corrected chi connectivity index (χ0v) is 10.3. The Balaban J connectivity index is 1.94. The molecule has 0 aromatic carbocycles. The van der Waals surface area contributed by atoms with Crippen molar-refractivity contribution in [3.05, 3.63) is 11.1 Å². The highest BCUT2D eigenvalue weighted by Crippen LogP contribution is 2.59. The van der Waals surface area contributed by atoms with E-state index in [0.717, 1.165) is 12.0 Å². The van der Waals surface area contributed by atoms with Crippen LogP contribution in [0.3, 0.4) is 0 Å². The zero-order chi connectivity index (χ0) is 10.6. The van der Waals surface area contributed by atoms with Gasteiger partial charge in [-0.3, -0.25) is 0 Å². The van der Waals surface area contributed by atoms with Gasteiger partial charge in [-0.05, 0) is 70.9 Å². The van der Waals surface area contributed by atoms with E-state index in [-0.39, 0.29) is 0 Å². The van der Waals surface area contributed by atoms with Gasteiger partial charge in [0, 0.05) is 6.04 Å². The van der Waals surface area contributed by atoms with E-state index in [2.05, 4.69) is 25.8 Å². The second-order valence-corrected chi connectivity index (χ2v) is 6.04. The van der Waals surface area contributed by atoms with Crippen LogP contribution in [0.2, 0.25) is 0 Å². The Labute approximate surface area is 93.5 Å². The number of rotatable bonds is 0. The number of nitrogens with zero attached hydrogens (tertiary/aromatic N) is 1. The van der Waals surface area contributed by atoms with E-state index in [0.29, 0.717) is 5.41 Å². The highest BCUT2D eigenvalue weighted by Gasteiger charge is 2.54. The summed E-state index contributed by atoms with van der Waals surface area (Å²) in [7, 11) is 2.32. The molecule has 1 aliphatic heterocycles. The molecule has 3 atom stereocenters. The molecule has 1 saturated carbocycles. The van der Waals surface area contributed by atoms with Crippen LogP contribution in [0.15, 0.2) is 11.1 Å². The van der Waals surface area contributed by atoms with Crippen molar-refractivity contribution in [3.63, 3.8) is 0 Å². The first-order chi connectivity index (χ1) is 7.15. The normalized spacial score (nSPS) is 45.8. The first kappa shape index (κ1) is 9.89. The molecule has 2 aliphatic carbocycles. The van der Waals surface area contributed by atoms with Gasteiger partial charge < -0.3 is 4.90 Å². The summed E-state index contributed by atoms with van der Waals surface area (Å²) in [5, 5.41) is 0. The lowest BCUT2D eigenvalue weighted by Gasteiger charge is -2.57. The average Bonchev–Trinajstić information content (AvgIpc) is 2.41. The molecule has 0 amide bonds. The standard InChI is InChI=1S/C14H23N/c1-10-6-7-14(11(10)2)8-9-15(3)13-5-4-12(13)14/h12-13H,4-9H2,1-3H3/t12-,13+,14-/m1/s1. The first-order valence-corrected chi connectivity index (χ1v) is 6.52. The third kappa shape index (κ3) is 1.13. The molecule has 0 N–H and O–H groups in total. The molecule has 1 nitrogen and oxygen atoms in total. The van der Waals surface area contributed by atoms with E-state index in [1.165, 1.54) is 38.6 Å². The van der Waals surface area contributed by atoms with Crippen molar-refractivity contribution in [3.8, 4) is 0 Å². The van der Waals surface area contributed by atoms with Gasteiger partial charge in [0.2, 0.25) is 0 Å². The molecule has 0 unspecified atom stereocenters. The van der Waals surface area contributed by atoms with Crippen LogP contribution in [0.25, 0.3) is 0 Å². The molecular weight excluding hydrogens is 182 g/mol. The van der Waals surface area contributed by atoms with Gasteiger partial charge in [-0.15, -0.1) is 0 Å². The molecule has 84 valence electrons. The van der Waals surface area contributed by atoms with Gasteiger partial charge in [0.1, 0.15) is 0 Å². The maximum Gasteiger partial charge on any atom is 0.0129 e. The number of hydrogen-bond acceptors (Lipinski definition) is 1. The molecule has 3 aliphatic rings. The topological polar surface area (TPSA) is 3.24 Å². The van der Waals surface area contributed by atoms with E-state index in [1.54, 1.807) is 11.1 Å². The third-order valence-corrected chi connectivity index (χ3v) is 5.76. The molecule has 3 rings (SSSR count). The van der Waals surface area contributed by atoms with Crippen molar-refractivity contribution >= 4 is 0 Å². The molecule has 1 heterocycles. The van der Waals surface area contributed by atoms with Gasteiger partial charge in [-0.2, -0.15) is 0 Å². The molecule has 15 heavy (non-hydrogen) atoms. The third-order valence-electron chi connectivity index (χ3n) is 5.76. The lowest BCUT2D eigenvalue weighted by atomic mass is 9.55. The maximum atomic E-state index is 2.61. The molecule has 0 aromatic heterocycles. The first-order valence-electron chi connectivity index (χ1n) is 6.52. The Morgan fingerprint density at radius 3 is 2.53 bits per heavy atom. The van der Waals surface area contributed by atoms with Crippen molar-refractivity contribution in [1.29, 1.82) is 0 Å². The number of fused-ring (bicyclic) bond motifs is 2. The fourth-order valence-electron chi connectivity index (χ4n) is 4.37. The van der Waals surface area contributed by atoms with Gasteiger partial charge in [0.05, 0.1) is 0 Å². The Kier molecular flexibility index (Phi) is 2.04. The summed E-state index contributed by atoms with van der Waals surface area (Å²) < 4.78 is 0. The minimum Gasteiger partial charge on any atom is -0.303 e. The van der Waals surface area contributed by atoms with Crippen LogP contribution >= 0.6 is 0 Å². The van der Waals surface area contributed by atoms with E-state index in [9.17, 15) is 0 Å². The molecule has 0 aromatic rings. The summed E-state index contributed by atoms with van der Waals surface area (Å²) in [5.41, 5.74) is 4.11. The summed E-state index contributed by atoms with van der Waals surface area (Å²) >= 11 is 0. The number of piperidine rings is 1. The van der Waals surface area contributed by atoms with E-state index < -0.39 is 0 Å². The van der Waals surface area contributed by atoms with Crippen molar-refractivity contribution in [2.24, 2.45) is 11.3 Å². The van der Waals surface area contributed by atoms with Crippen molar-refractivity contribution in [2.45, 2.75) is 52.0 Å². The summed E-state index contributed by atoms with van der Waals surface area (Å²) in [4.78, 5) is 2.61. The van der Waals surface area contributed by atoms with Gasteiger partial charge in [-0.25, -0.2) is 0 Å². The molecule has 0 radical (unpaired) electrons. The second-order valence-electron chi connectivity index (χ2n) is 6.04. The second kappa shape index (κ2) is 3.10. The Morgan fingerprint density at radius 2 is 2.00 bits per heavy atom. The van der Waals surface area contributed by atoms with Gasteiger partial charge in [-0.1, -0.05) is 11.1 Å². The predicted molar refractivity (Wildman–Crippen MR) is 63.8 cm³/mol. The molecule has 1 saturated heterocycles. The highest BCUT2D eigenvalue weighted by atomic mass is 15.2. The predicted octanol–water partition coefficient (Wildman–Crippen LogP) is 3.22. The fourth-order valence-corrected chi connectivity index (χ4v) is 4.37. The number of allylic oxidation sites excluding steroid dienone is 2. The lowest BCUT2D eigenvalue weighted by molar-refractivity contribution is -0.0480. The summed E-state index contributed by atoms with van der Waals surface area (Å²) in [6.07, 6.45) is 7.20. The van der Waals surface area contributed by atoms with Gasteiger partial charge in [0.15, 0.2) is 0 Å². The summed E-state index contributed by atoms with van der Waals surface area (Å²) in [6, 6.07) is 0.916. The molecule has 1 heteroatoms. The van der Waals surface area contributed by atoms with Crippen LogP contribution < -0.4 is 0 Å². The minimum absolute atomic E-state index is 0.638. The van der Waals surface area contributed by atoms with Crippen molar-refractivity contribution in [2.75, 3.05) is 13.6 Å². The van der Waals surface area contributed by atoms with E-state index >= 15 is 0 Å². The van der Waals surface area contributed by atoms with Gasteiger partial charge in [0.25, 0.3) is 0 Å². The van der Waals surface area contributed by atoms with E-state index in [4.69, 9.17) is 0 Å². The van der Waals surface area contributed by atoms with Crippen LogP contribution in [-0.4, -0.2) is 24.5 Å². The van der Waals surface area contributed by atoms with Crippen molar-refractivity contribution < 1.29 is 0 Å². The Morgan fingerprint density at radius 1 is 1.20 bits per heavy atom. The summed E-state index contributed by atoms with van der Waals surface area (Å²) in [5.74, 6) is 0.994. The molecule has 0 bridgehead atoms. The van der Waals surface area contributed by atoms with Gasteiger partial charge >= 0.3 is 0 Å². The number of likely N-dealkylation sites (tertiary alicyclic amines) is 1. The van der Waals surface area contributed by atoms with Crippen LogP contribution in [0.1, 0.15) is 46.0 Å². The quantitative estimate of drug-likeness (QED) is 0.549. The fraction of sp³-hybridized carbons (Fsp3) is 0.857.